The van der Waals surface area contributed by atoms with Gasteiger partial charge < -0.3 is 4.74 Å². The molecule has 0 saturated carbocycles. The molecule has 1 heterocycles. The molecule has 5 nitrogen and oxygen atoms in total. The van der Waals surface area contributed by atoms with E-state index in [1.54, 1.807) is 23.0 Å². The second-order valence-corrected chi connectivity index (χ2v) is 5.74. The Labute approximate surface area is 149 Å². The van der Waals surface area contributed by atoms with Gasteiger partial charge in [0.05, 0.1) is 12.8 Å². The van der Waals surface area contributed by atoms with Gasteiger partial charge in [-0.2, -0.15) is 14.9 Å². The molecule has 1 aromatic heterocycles. The standard InChI is InChI=1S/C17H15ClN4OS/c1-2-23-15-9-3-12(4-10-15)11-19-22-16(20-21-17(22)24)13-5-7-14(18)8-6-13/h3-11H,2H2,1H3,(H,21,24)/b19-11-. The molecule has 24 heavy (non-hydrogen) atoms. The van der Waals surface area contributed by atoms with Crippen molar-refractivity contribution in [1.82, 2.24) is 14.9 Å². The average Bonchev–Trinajstić information content (AvgIpc) is 2.96. The molecule has 0 aliphatic rings. The van der Waals surface area contributed by atoms with Crippen LogP contribution in [0.4, 0.5) is 0 Å². The van der Waals surface area contributed by atoms with Crippen molar-refractivity contribution in [3.8, 4) is 17.1 Å². The highest BCUT2D eigenvalue weighted by molar-refractivity contribution is 7.71. The molecule has 1 N–H and O–H groups in total. The Morgan fingerprint density at radius 3 is 2.58 bits per heavy atom. The lowest BCUT2D eigenvalue weighted by Crippen LogP contribution is -1.95. The molecule has 0 unspecified atom stereocenters. The number of nitrogens with one attached hydrogen (secondary N) is 1. The maximum absolute atomic E-state index is 5.93. The van der Waals surface area contributed by atoms with Crippen LogP contribution in [0.25, 0.3) is 11.4 Å². The zero-order valence-corrected chi connectivity index (χ0v) is 14.5. The first kappa shape index (κ1) is 16.4. The highest BCUT2D eigenvalue weighted by atomic mass is 35.5. The number of hydrogen-bond acceptors (Lipinski definition) is 4. The van der Waals surface area contributed by atoms with E-state index >= 15 is 0 Å². The van der Waals surface area contributed by atoms with Gasteiger partial charge in [-0.25, -0.2) is 5.10 Å². The Balaban J connectivity index is 1.88. The van der Waals surface area contributed by atoms with Gasteiger partial charge in [-0.1, -0.05) is 11.6 Å². The van der Waals surface area contributed by atoms with Crippen molar-refractivity contribution < 1.29 is 4.74 Å². The van der Waals surface area contributed by atoms with Gasteiger partial charge in [-0.15, -0.1) is 0 Å². The predicted molar refractivity (Wildman–Crippen MR) is 98.5 cm³/mol. The summed E-state index contributed by atoms with van der Waals surface area (Å²) < 4.78 is 7.42. The number of aromatic nitrogens is 3. The smallest absolute Gasteiger partial charge is 0.216 e. The number of H-pyrrole nitrogens is 1. The van der Waals surface area contributed by atoms with Gasteiger partial charge in [0.15, 0.2) is 5.82 Å². The van der Waals surface area contributed by atoms with E-state index in [-0.39, 0.29) is 0 Å². The first-order valence-corrected chi connectivity index (χ1v) is 8.16. The molecule has 3 rings (SSSR count). The van der Waals surface area contributed by atoms with Gasteiger partial charge in [-0.05, 0) is 73.2 Å². The van der Waals surface area contributed by atoms with Crippen molar-refractivity contribution in [3.63, 3.8) is 0 Å². The minimum Gasteiger partial charge on any atom is -0.494 e. The molecule has 0 radical (unpaired) electrons. The molecule has 0 bridgehead atoms. The van der Waals surface area contributed by atoms with Crippen LogP contribution in [-0.4, -0.2) is 27.7 Å². The maximum Gasteiger partial charge on any atom is 0.216 e. The van der Waals surface area contributed by atoms with Crippen molar-refractivity contribution in [2.75, 3.05) is 6.61 Å². The van der Waals surface area contributed by atoms with Crippen LogP contribution in [0, 0.1) is 4.77 Å². The van der Waals surface area contributed by atoms with Crippen molar-refractivity contribution in [2.45, 2.75) is 6.92 Å². The second kappa shape index (κ2) is 7.42. The zero-order valence-electron chi connectivity index (χ0n) is 12.9. The fraction of sp³-hybridized carbons (Fsp3) is 0.118. The van der Waals surface area contributed by atoms with Gasteiger partial charge in [0.1, 0.15) is 5.75 Å². The van der Waals surface area contributed by atoms with Crippen LogP contribution in [0.15, 0.2) is 53.6 Å². The molecule has 0 atom stereocenters. The van der Waals surface area contributed by atoms with E-state index in [0.29, 0.717) is 22.2 Å². The number of ether oxygens (including phenoxy) is 1. The molecule has 3 aromatic rings. The molecule has 2 aromatic carbocycles. The first-order chi connectivity index (χ1) is 11.7. The Morgan fingerprint density at radius 2 is 1.92 bits per heavy atom. The SMILES string of the molecule is CCOc1ccc(/C=N\n2c(-c3ccc(Cl)cc3)n[nH]c2=S)cc1. The number of nitrogens with zero attached hydrogens (tertiary/aromatic N) is 3. The van der Waals surface area contributed by atoms with Crippen LogP contribution in [0.2, 0.25) is 5.02 Å². The largest absolute Gasteiger partial charge is 0.494 e. The number of rotatable bonds is 5. The second-order valence-electron chi connectivity index (χ2n) is 4.92. The summed E-state index contributed by atoms with van der Waals surface area (Å²) in [6.45, 7) is 2.59. The summed E-state index contributed by atoms with van der Waals surface area (Å²) in [4.78, 5) is 0. The van der Waals surface area contributed by atoms with E-state index in [4.69, 9.17) is 28.6 Å². The fourth-order valence-corrected chi connectivity index (χ4v) is 2.43. The third kappa shape index (κ3) is 3.72. The molecule has 0 aliphatic heterocycles. The van der Waals surface area contributed by atoms with E-state index in [2.05, 4.69) is 15.3 Å². The summed E-state index contributed by atoms with van der Waals surface area (Å²) in [5.74, 6) is 1.45. The predicted octanol–water partition coefficient (Wildman–Crippen LogP) is 4.54. The van der Waals surface area contributed by atoms with Crippen molar-refractivity contribution >= 4 is 30.0 Å². The lowest BCUT2D eigenvalue weighted by atomic mass is 10.2. The number of aromatic amines is 1. The summed E-state index contributed by atoms with van der Waals surface area (Å²) >= 11 is 11.2. The zero-order chi connectivity index (χ0) is 16.9. The minimum atomic E-state index is 0.419. The Bertz CT molecular complexity index is 898. The topological polar surface area (TPSA) is 55.2 Å². The lowest BCUT2D eigenvalue weighted by Gasteiger charge is -2.03. The molecule has 0 aliphatic carbocycles. The first-order valence-electron chi connectivity index (χ1n) is 7.38. The van der Waals surface area contributed by atoms with Crippen LogP contribution >= 0.6 is 23.8 Å². The monoisotopic (exact) mass is 358 g/mol. The van der Waals surface area contributed by atoms with Gasteiger partial charge in [0, 0.05) is 10.6 Å². The van der Waals surface area contributed by atoms with Crippen molar-refractivity contribution in [1.29, 1.82) is 0 Å². The molecule has 0 spiro atoms. The van der Waals surface area contributed by atoms with E-state index in [1.165, 1.54) is 0 Å². The number of benzene rings is 2. The van der Waals surface area contributed by atoms with Crippen LogP contribution in [0.1, 0.15) is 12.5 Å². The van der Waals surface area contributed by atoms with E-state index in [9.17, 15) is 0 Å². The van der Waals surface area contributed by atoms with Crippen LogP contribution in [0.5, 0.6) is 5.75 Å². The molecule has 0 saturated heterocycles. The Kier molecular flexibility index (Phi) is 5.08. The van der Waals surface area contributed by atoms with Gasteiger partial charge >= 0.3 is 0 Å². The lowest BCUT2D eigenvalue weighted by molar-refractivity contribution is 0.340. The molecule has 0 amide bonds. The van der Waals surface area contributed by atoms with Gasteiger partial charge in [0.2, 0.25) is 4.77 Å². The summed E-state index contributed by atoms with van der Waals surface area (Å²) in [5.41, 5.74) is 1.80. The van der Waals surface area contributed by atoms with Gasteiger partial charge in [-0.3, -0.25) is 0 Å². The highest BCUT2D eigenvalue weighted by Crippen LogP contribution is 2.20. The van der Waals surface area contributed by atoms with Crippen LogP contribution in [-0.2, 0) is 0 Å². The molecular weight excluding hydrogens is 344 g/mol. The van der Waals surface area contributed by atoms with E-state index in [0.717, 1.165) is 16.9 Å². The van der Waals surface area contributed by atoms with Gasteiger partial charge in [0.25, 0.3) is 0 Å². The summed E-state index contributed by atoms with van der Waals surface area (Å²) in [5, 5.41) is 12.1. The summed E-state index contributed by atoms with van der Waals surface area (Å²) in [6.07, 6.45) is 1.72. The Hall–Kier alpha value is -2.44. The third-order valence-corrected chi connectivity index (χ3v) is 3.78. The van der Waals surface area contributed by atoms with E-state index < -0.39 is 0 Å². The fourth-order valence-electron chi connectivity index (χ4n) is 2.13. The molecule has 7 heteroatoms. The summed E-state index contributed by atoms with van der Waals surface area (Å²) in [6, 6.07) is 15.0. The number of hydrogen-bond donors (Lipinski definition) is 1. The highest BCUT2D eigenvalue weighted by Gasteiger charge is 2.07. The third-order valence-electron chi connectivity index (χ3n) is 3.27. The van der Waals surface area contributed by atoms with Crippen molar-refractivity contribution in [2.24, 2.45) is 5.10 Å². The maximum atomic E-state index is 5.93. The van der Waals surface area contributed by atoms with Crippen LogP contribution < -0.4 is 4.74 Å². The molecule has 122 valence electrons. The van der Waals surface area contributed by atoms with Crippen molar-refractivity contribution in [3.05, 3.63) is 63.9 Å². The average molecular weight is 359 g/mol. The minimum absolute atomic E-state index is 0.419. The molecule has 0 fully saturated rings. The quantitative estimate of drug-likeness (QED) is 0.538. The van der Waals surface area contributed by atoms with Crippen LogP contribution in [0.3, 0.4) is 0 Å². The normalized spacial score (nSPS) is 11.1. The van der Waals surface area contributed by atoms with E-state index in [1.807, 2.05) is 43.3 Å². The molecular formula is C17H15ClN4OS. The Morgan fingerprint density at radius 1 is 1.21 bits per heavy atom. The number of halogens is 1. The summed E-state index contributed by atoms with van der Waals surface area (Å²) in [7, 11) is 0.